The topological polar surface area (TPSA) is 61.8 Å². The number of nitrogens with zero attached hydrogens (tertiary/aromatic N) is 1. The second kappa shape index (κ2) is 8.43. The number of benzene rings is 1. The van der Waals surface area contributed by atoms with Gasteiger partial charge in [-0.25, -0.2) is 4.79 Å². The van der Waals surface area contributed by atoms with E-state index in [1.165, 1.54) is 0 Å². The molecule has 0 fully saturated rings. The highest BCUT2D eigenvalue weighted by molar-refractivity contribution is 5.74. The maximum absolute atomic E-state index is 12.0. The molecule has 2 N–H and O–H groups in total. The first kappa shape index (κ1) is 16.3. The zero-order valence-corrected chi connectivity index (χ0v) is 12.4. The number of hydrogen-bond acceptors (Lipinski definition) is 3. The van der Waals surface area contributed by atoms with Crippen LogP contribution in [0.25, 0.3) is 0 Å². The van der Waals surface area contributed by atoms with E-state index in [4.69, 9.17) is 9.84 Å². The maximum Gasteiger partial charge on any atom is 0.317 e. The predicted octanol–water partition coefficient (Wildman–Crippen LogP) is 2.17. The number of rotatable bonds is 7. The summed E-state index contributed by atoms with van der Waals surface area (Å²) in [5.41, 5.74) is 1.02. The predicted molar refractivity (Wildman–Crippen MR) is 78.9 cm³/mol. The van der Waals surface area contributed by atoms with Crippen LogP contribution in [-0.4, -0.2) is 42.3 Å². The largest absolute Gasteiger partial charge is 0.494 e. The van der Waals surface area contributed by atoms with E-state index in [9.17, 15) is 4.79 Å². The average Bonchev–Trinajstić information content (AvgIpc) is 2.45. The van der Waals surface area contributed by atoms with Crippen molar-refractivity contribution in [2.45, 2.75) is 26.8 Å². The van der Waals surface area contributed by atoms with Gasteiger partial charge in [-0.1, -0.05) is 12.1 Å². The zero-order chi connectivity index (χ0) is 15.0. The highest BCUT2D eigenvalue weighted by Gasteiger charge is 2.14. The molecule has 112 valence electrons. The van der Waals surface area contributed by atoms with Gasteiger partial charge in [0.15, 0.2) is 0 Å². The van der Waals surface area contributed by atoms with E-state index in [2.05, 4.69) is 5.32 Å². The molecule has 0 aliphatic heterocycles. The van der Waals surface area contributed by atoms with Crippen molar-refractivity contribution in [3.05, 3.63) is 29.8 Å². The molecule has 5 nitrogen and oxygen atoms in total. The molecule has 0 heterocycles. The molecule has 5 heteroatoms. The van der Waals surface area contributed by atoms with Gasteiger partial charge in [-0.15, -0.1) is 0 Å². The van der Waals surface area contributed by atoms with Crippen LogP contribution in [0.3, 0.4) is 0 Å². The number of nitrogens with one attached hydrogen (secondary N) is 1. The first-order chi connectivity index (χ1) is 9.62. The number of hydrogen-bond donors (Lipinski definition) is 2. The van der Waals surface area contributed by atoms with Gasteiger partial charge >= 0.3 is 6.03 Å². The Kier molecular flexibility index (Phi) is 6.87. The minimum absolute atomic E-state index is 0.0291. The fourth-order valence-electron chi connectivity index (χ4n) is 1.90. The smallest absolute Gasteiger partial charge is 0.317 e. The lowest BCUT2D eigenvalue weighted by molar-refractivity contribution is 0.178. The summed E-state index contributed by atoms with van der Waals surface area (Å²) in [7, 11) is 0. The standard InChI is InChI=1S/C15H24N2O3/c1-4-17(10-11-18)15(19)16-12(3)13-6-8-14(9-7-13)20-5-2/h6-9,12,18H,4-5,10-11H2,1-3H3,(H,16,19). The Balaban J connectivity index is 2.60. The number of likely N-dealkylation sites (N-methyl/N-ethyl adjacent to an activating group) is 1. The van der Waals surface area contributed by atoms with Crippen molar-refractivity contribution >= 4 is 6.03 Å². The van der Waals surface area contributed by atoms with Crippen LogP contribution < -0.4 is 10.1 Å². The van der Waals surface area contributed by atoms with Gasteiger partial charge in [-0.3, -0.25) is 0 Å². The molecule has 0 spiro atoms. The van der Waals surface area contributed by atoms with Crippen LogP contribution in [0.5, 0.6) is 5.75 Å². The third-order valence-corrected chi connectivity index (χ3v) is 3.07. The number of aliphatic hydroxyl groups is 1. The summed E-state index contributed by atoms with van der Waals surface area (Å²) in [5.74, 6) is 0.824. The number of carbonyl (C=O) groups excluding carboxylic acids is 1. The van der Waals surface area contributed by atoms with E-state index in [0.717, 1.165) is 11.3 Å². The molecule has 1 aromatic carbocycles. The van der Waals surface area contributed by atoms with Crippen LogP contribution >= 0.6 is 0 Å². The molecule has 1 unspecified atom stereocenters. The van der Waals surface area contributed by atoms with Crippen LogP contribution in [-0.2, 0) is 0 Å². The molecule has 0 bridgehead atoms. The quantitative estimate of drug-likeness (QED) is 0.804. The van der Waals surface area contributed by atoms with E-state index in [0.29, 0.717) is 19.7 Å². The fourth-order valence-corrected chi connectivity index (χ4v) is 1.90. The van der Waals surface area contributed by atoms with Crippen molar-refractivity contribution in [1.29, 1.82) is 0 Å². The Morgan fingerprint density at radius 1 is 1.35 bits per heavy atom. The molecule has 0 radical (unpaired) electrons. The van der Waals surface area contributed by atoms with Crippen LogP contribution in [0.15, 0.2) is 24.3 Å². The molecule has 0 aliphatic carbocycles. The highest BCUT2D eigenvalue weighted by atomic mass is 16.5. The third kappa shape index (κ3) is 4.74. The Hall–Kier alpha value is -1.75. The molecule has 0 saturated heterocycles. The number of urea groups is 1. The highest BCUT2D eigenvalue weighted by Crippen LogP contribution is 2.17. The molecule has 2 amide bonds. The average molecular weight is 280 g/mol. The van der Waals surface area contributed by atoms with E-state index in [1.54, 1.807) is 4.90 Å². The van der Waals surface area contributed by atoms with Gasteiger partial charge in [0.25, 0.3) is 0 Å². The first-order valence-corrected chi connectivity index (χ1v) is 7.01. The second-order valence-corrected chi connectivity index (χ2v) is 4.48. The van der Waals surface area contributed by atoms with Gasteiger partial charge in [0.1, 0.15) is 5.75 Å². The summed E-state index contributed by atoms with van der Waals surface area (Å²) in [6.45, 7) is 7.28. The van der Waals surface area contributed by atoms with Crippen molar-refractivity contribution in [2.75, 3.05) is 26.3 Å². The van der Waals surface area contributed by atoms with Crippen LogP contribution in [0.1, 0.15) is 32.4 Å². The first-order valence-electron chi connectivity index (χ1n) is 7.01. The SMILES string of the molecule is CCOc1ccc(C(C)NC(=O)N(CC)CCO)cc1. The van der Waals surface area contributed by atoms with E-state index in [1.807, 2.05) is 45.0 Å². The molecule has 1 atom stereocenters. The molecule has 1 aromatic rings. The second-order valence-electron chi connectivity index (χ2n) is 4.48. The monoisotopic (exact) mass is 280 g/mol. The summed E-state index contributed by atoms with van der Waals surface area (Å²) in [6.07, 6.45) is 0. The van der Waals surface area contributed by atoms with E-state index < -0.39 is 0 Å². The van der Waals surface area contributed by atoms with Crippen molar-refractivity contribution in [3.63, 3.8) is 0 Å². The fraction of sp³-hybridized carbons (Fsp3) is 0.533. The van der Waals surface area contributed by atoms with Gasteiger partial charge in [0.05, 0.1) is 19.3 Å². The van der Waals surface area contributed by atoms with Crippen LogP contribution in [0.2, 0.25) is 0 Å². The molecular weight excluding hydrogens is 256 g/mol. The summed E-state index contributed by atoms with van der Waals surface area (Å²) in [5, 5.41) is 11.8. The summed E-state index contributed by atoms with van der Waals surface area (Å²) in [6, 6.07) is 7.42. The number of aliphatic hydroxyl groups excluding tert-OH is 1. The number of ether oxygens (including phenoxy) is 1. The molecule has 0 aliphatic rings. The van der Waals surface area contributed by atoms with Gasteiger partial charge in [0, 0.05) is 13.1 Å². The van der Waals surface area contributed by atoms with Crippen molar-refractivity contribution in [3.8, 4) is 5.75 Å². The van der Waals surface area contributed by atoms with Crippen molar-refractivity contribution < 1.29 is 14.6 Å². The third-order valence-electron chi connectivity index (χ3n) is 3.07. The summed E-state index contributed by atoms with van der Waals surface area (Å²) < 4.78 is 5.39. The molecular formula is C15H24N2O3. The normalized spacial score (nSPS) is 11.8. The van der Waals surface area contributed by atoms with Gasteiger partial charge < -0.3 is 20.1 Å². The van der Waals surface area contributed by atoms with Crippen LogP contribution in [0, 0.1) is 0 Å². The van der Waals surface area contributed by atoms with E-state index in [-0.39, 0.29) is 18.7 Å². The van der Waals surface area contributed by atoms with Gasteiger partial charge in [-0.2, -0.15) is 0 Å². The lowest BCUT2D eigenvalue weighted by Crippen LogP contribution is -2.42. The van der Waals surface area contributed by atoms with Gasteiger partial charge in [-0.05, 0) is 38.5 Å². The molecule has 1 rings (SSSR count). The lowest BCUT2D eigenvalue weighted by atomic mass is 10.1. The summed E-state index contributed by atoms with van der Waals surface area (Å²) in [4.78, 5) is 13.6. The van der Waals surface area contributed by atoms with Crippen molar-refractivity contribution in [1.82, 2.24) is 10.2 Å². The Labute approximate surface area is 120 Å². The Morgan fingerprint density at radius 3 is 2.50 bits per heavy atom. The number of carbonyl (C=O) groups is 1. The number of amides is 2. The Bertz CT molecular complexity index is 406. The zero-order valence-electron chi connectivity index (χ0n) is 12.4. The summed E-state index contributed by atoms with van der Waals surface area (Å²) >= 11 is 0. The molecule has 0 aromatic heterocycles. The maximum atomic E-state index is 12.0. The molecule has 20 heavy (non-hydrogen) atoms. The minimum Gasteiger partial charge on any atom is -0.494 e. The van der Waals surface area contributed by atoms with Crippen molar-refractivity contribution in [2.24, 2.45) is 0 Å². The van der Waals surface area contributed by atoms with E-state index >= 15 is 0 Å². The molecule has 0 saturated carbocycles. The minimum atomic E-state index is -0.164. The van der Waals surface area contributed by atoms with Gasteiger partial charge in [0.2, 0.25) is 0 Å². The Morgan fingerprint density at radius 2 is 2.00 bits per heavy atom. The van der Waals surface area contributed by atoms with Crippen LogP contribution in [0.4, 0.5) is 4.79 Å². The lowest BCUT2D eigenvalue weighted by Gasteiger charge is -2.23.